The Morgan fingerprint density at radius 2 is 1.75 bits per heavy atom. The van der Waals surface area contributed by atoms with E-state index in [4.69, 9.17) is 0 Å². The van der Waals surface area contributed by atoms with Crippen molar-refractivity contribution in [2.45, 2.75) is 44.6 Å². The van der Waals surface area contributed by atoms with E-state index < -0.39 is 0 Å². The van der Waals surface area contributed by atoms with Crippen molar-refractivity contribution in [3.05, 3.63) is 34.3 Å². The van der Waals surface area contributed by atoms with Crippen LogP contribution in [-0.2, 0) is 0 Å². The summed E-state index contributed by atoms with van der Waals surface area (Å²) in [6.45, 7) is 0. The van der Waals surface area contributed by atoms with Crippen molar-refractivity contribution in [1.29, 1.82) is 0 Å². The maximum absolute atomic E-state index is 10.1. The number of aliphatic hydroxyl groups excluding tert-OH is 1. The van der Waals surface area contributed by atoms with Gasteiger partial charge in [-0.25, -0.2) is 0 Å². The molecule has 1 aromatic rings. The van der Waals surface area contributed by atoms with Gasteiger partial charge in [0.25, 0.3) is 0 Å². The summed E-state index contributed by atoms with van der Waals surface area (Å²) in [5.41, 5.74) is 1.05. The van der Waals surface area contributed by atoms with Crippen LogP contribution >= 0.6 is 15.9 Å². The number of hydrogen-bond donors (Lipinski definition) is 1. The number of benzene rings is 1. The topological polar surface area (TPSA) is 20.2 Å². The van der Waals surface area contributed by atoms with E-state index in [0.717, 1.165) is 22.4 Å². The second-order valence-corrected chi connectivity index (χ2v) is 5.72. The van der Waals surface area contributed by atoms with Gasteiger partial charge in [0, 0.05) is 4.47 Å². The highest BCUT2D eigenvalue weighted by molar-refractivity contribution is 9.10. The average Bonchev–Trinajstić information content (AvgIpc) is 2.31. The van der Waals surface area contributed by atoms with Crippen LogP contribution < -0.4 is 0 Å². The van der Waals surface area contributed by atoms with Crippen LogP contribution in [0.25, 0.3) is 0 Å². The Morgan fingerprint density at radius 1 is 1.12 bits per heavy atom. The van der Waals surface area contributed by atoms with E-state index in [1.807, 2.05) is 24.3 Å². The maximum Gasteiger partial charge on any atom is 0.0792 e. The predicted molar refractivity (Wildman–Crippen MR) is 70.3 cm³/mol. The smallest absolute Gasteiger partial charge is 0.0792 e. The van der Waals surface area contributed by atoms with E-state index in [0.29, 0.717) is 0 Å². The quantitative estimate of drug-likeness (QED) is 0.868. The van der Waals surface area contributed by atoms with Crippen molar-refractivity contribution < 1.29 is 5.11 Å². The third-order valence-corrected chi connectivity index (χ3v) is 4.06. The van der Waals surface area contributed by atoms with E-state index in [2.05, 4.69) is 15.9 Å². The first-order valence-corrected chi connectivity index (χ1v) is 6.98. The molecule has 0 bridgehead atoms. The standard InChI is InChI=1S/C14H19BrO/c15-13-8-6-12(7-9-13)14(16)10-11-4-2-1-3-5-11/h6-9,11,14,16H,1-5,10H2. The Hall–Kier alpha value is -0.340. The molecule has 1 atom stereocenters. The molecule has 1 aliphatic rings. The van der Waals surface area contributed by atoms with Crippen LogP contribution in [0.2, 0.25) is 0 Å². The number of aliphatic hydroxyl groups is 1. The molecular formula is C14H19BrO. The van der Waals surface area contributed by atoms with Crippen molar-refractivity contribution >= 4 is 15.9 Å². The van der Waals surface area contributed by atoms with Gasteiger partial charge in [0.1, 0.15) is 0 Å². The van der Waals surface area contributed by atoms with Crippen LogP contribution in [-0.4, -0.2) is 5.11 Å². The summed E-state index contributed by atoms with van der Waals surface area (Å²) in [6, 6.07) is 8.02. The second-order valence-electron chi connectivity index (χ2n) is 4.81. The minimum absolute atomic E-state index is 0.281. The monoisotopic (exact) mass is 282 g/mol. The molecule has 1 N–H and O–H groups in total. The summed E-state index contributed by atoms with van der Waals surface area (Å²) in [5.74, 6) is 0.729. The Bertz CT molecular complexity index is 314. The normalized spacial score (nSPS) is 19.6. The molecule has 0 radical (unpaired) electrons. The lowest BCUT2D eigenvalue weighted by Crippen LogP contribution is -2.11. The van der Waals surface area contributed by atoms with Gasteiger partial charge in [-0.15, -0.1) is 0 Å². The van der Waals surface area contributed by atoms with E-state index in [1.165, 1.54) is 32.1 Å². The third kappa shape index (κ3) is 3.33. The molecule has 2 heteroatoms. The number of halogens is 1. The highest BCUT2D eigenvalue weighted by Crippen LogP contribution is 2.32. The van der Waals surface area contributed by atoms with Gasteiger partial charge in [-0.05, 0) is 30.0 Å². The van der Waals surface area contributed by atoms with Gasteiger partial charge in [-0.1, -0.05) is 60.2 Å². The molecule has 1 saturated carbocycles. The lowest BCUT2D eigenvalue weighted by Gasteiger charge is -2.24. The fourth-order valence-electron chi connectivity index (χ4n) is 2.56. The van der Waals surface area contributed by atoms with Crippen molar-refractivity contribution in [2.24, 2.45) is 5.92 Å². The van der Waals surface area contributed by atoms with Gasteiger partial charge in [-0.2, -0.15) is 0 Å². The summed E-state index contributed by atoms with van der Waals surface area (Å²) in [4.78, 5) is 0. The van der Waals surface area contributed by atoms with Gasteiger partial charge in [0.05, 0.1) is 6.10 Å². The molecule has 16 heavy (non-hydrogen) atoms. The first-order valence-electron chi connectivity index (χ1n) is 6.19. The van der Waals surface area contributed by atoms with E-state index >= 15 is 0 Å². The summed E-state index contributed by atoms with van der Waals surface area (Å²) >= 11 is 3.41. The molecule has 2 rings (SSSR count). The van der Waals surface area contributed by atoms with Crippen LogP contribution in [0.5, 0.6) is 0 Å². The van der Waals surface area contributed by atoms with Crippen LogP contribution in [0, 0.1) is 5.92 Å². The van der Waals surface area contributed by atoms with Crippen molar-refractivity contribution in [1.82, 2.24) is 0 Å². The first-order chi connectivity index (χ1) is 7.75. The lowest BCUT2D eigenvalue weighted by atomic mass is 9.84. The first kappa shape index (κ1) is 12.1. The van der Waals surface area contributed by atoms with Crippen molar-refractivity contribution in [3.63, 3.8) is 0 Å². The highest BCUT2D eigenvalue weighted by Gasteiger charge is 2.18. The second kappa shape index (κ2) is 5.83. The van der Waals surface area contributed by atoms with Gasteiger partial charge >= 0.3 is 0 Å². The van der Waals surface area contributed by atoms with Crippen LogP contribution in [0.3, 0.4) is 0 Å². The van der Waals surface area contributed by atoms with E-state index in [1.54, 1.807) is 0 Å². The van der Waals surface area contributed by atoms with Gasteiger partial charge in [0.15, 0.2) is 0 Å². The summed E-state index contributed by atoms with van der Waals surface area (Å²) in [5, 5.41) is 10.1. The molecule has 1 nitrogen and oxygen atoms in total. The third-order valence-electron chi connectivity index (χ3n) is 3.54. The Balaban J connectivity index is 1.91. The predicted octanol–water partition coefficient (Wildman–Crippen LogP) is 4.45. The summed E-state index contributed by atoms with van der Waals surface area (Å²) in [7, 11) is 0. The van der Waals surface area contributed by atoms with Crippen LogP contribution in [0.15, 0.2) is 28.7 Å². The molecule has 1 unspecified atom stereocenters. The van der Waals surface area contributed by atoms with Gasteiger partial charge in [-0.3, -0.25) is 0 Å². The SMILES string of the molecule is OC(CC1CCCCC1)c1ccc(Br)cc1. The molecule has 1 fully saturated rings. The summed E-state index contributed by atoms with van der Waals surface area (Å²) in [6.07, 6.45) is 7.32. The fourth-order valence-corrected chi connectivity index (χ4v) is 2.82. The largest absolute Gasteiger partial charge is 0.388 e. The molecule has 0 saturated heterocycles. The molecule has 1 aromatic carbocycles. The lowest BCUT2D eigenvalue weighted by molar-refractivity contribution is 0.131. The van der Waals surface area contributed by atoms with Crippen molar-refractivity contribution in [3.8, 4) is 0 Å². The molecule has 0 aliphatic heterocycles. The Morgan fingerprint density at radius 3 is 2.38 bits per heavy atom. The number of hydrogen-bond acceptors (Lipinski definition) is 1. The zero-order valence-corrected chi connectivity index (χ0v) is 11.1. The molecule has 0 spiro atoms. The minimum Gasteiger partial charge on any atom is -0.388 e. The molecule has 0 amide bonds. The average molecular weight is 283 g/mol. The zero-order valence-electron chi connectivity index (χ0n) is 9.53. The zero-order chi connectivity index (χ0) is 11.4. The van der Waals surface area contributed by atoms with Gasteiger partial charge < -0.3 is 5.11 Å². The maximum atomic E-state index is 10.1. The minimum atomic E-state index is -0.281. The highest BCUT2D eigenvalue weighted by atomic mass is 79.9. The Labute approximate surface area is 106 Å². The number of rotatable bonds is 3. The molecule has 0 aromatic heterocycles. The van der Waals surface area contributed by atoms with Gasteiger partial charge in [0.2, 0.25) is 0 Å². The molecule has 88 valence electrons. The fraction of sp³-hybridized carbons (Fsp3) is 0.571. The van der Waals surface area contributed by atoms with E-state index in [9.17, 15) is 5.11 Å². The molecule has 0 heterocycles. The Kier molecular flexibility index (Phi) is 4.42. The van der Waals surface area contributed by atoms with Crippen LogP contribution in [0.4, 0.5) is 0 Å². The molecule has 1 aliphatic carbocycles. The summed E-state index contributed by atoms with van der Waals surface area (Å²) < 4.78 is 1.07. The van der Waals surface area contributed by atoms with Crippen molar-refractivity contribution in [2.75, 3.05) is 0 Å². The van der Waals surface area contributed by atoms with Crippen LogP contribution in [0.1, 0.15) is 50.2 Å². The molecular weight excluding hydrogens is 264 g/mol. The van der Waals surface area contributed by atoms with E-state index in [-0.39, 0.29) is 6.10 Å².